The summed E-state index contributed by atoms with van der Waals surface area (Å²) in [6, 6.07) is 15.2. The van der Waals surface area contributed by atoms with Crippen LogP contribution in [0.15, 0.2) is 58.3 Å². The van der Waals surface area contributed by atoms with Gasteiger partial charge >= 0.3 is 0 Å². The van der Waals surface area contributed by atoms with Gasteiger partial charge in [0.1, 0.15) is 0 Å². The number of hydrogen-bond acceptors (Lipinski definition) is 4. The first-order chi connectivity index (χ1) is 10.2. The molecule has 21 heavy (non-hydrogen) atoms. The molecule has 0 heterocycles. The van der Waals surface area contributed by atoms with E-state index < -0.39 is 0 Å². The van der Waals surface area contributed by atoms with E-state index in [1.165, 1.54) is 10.5 Å². The van der Waals surface area contributed by atoms with Crippen LogP contribution in [0.5, 0.6) is 0 Å². The van der Waals surface area contributed by atoms with Crippen LogP contribution in [0.1, 0.15) is 24.9 Å². The number of hydrogen-bond donors (Lipinski definition) is 1. The fourth-order valence-electron chi connectivity index (χ4n) is 2.20. The molecule has 2 aromatic rings. The lowest BCUT2D eigenvalue weighted by atomic mass is 10.1. The van der Waals surface area contributed by atoms with Crippen LogP contribution in [0.25, 0.3) is 0 Å². The van der Waals surface area contributed by atoms with Gasteiger partial charge in [-0.3, -0.25) is 10.1 Å². The van der Waals surface area contributed by atoms with Gasteiger partial charge in [0.2, 0.25) is 0 Å². The normalized spacial score (nSPS) is 12.1. The second-order valence-electron chi connectivity index (χ2n) is 4.64. The molecule has 0 bridgehead atoms. The Hall–Kier alpha value is -1.85. The summed E-state index contributed by atoms with van der Waals surface area (Å²) in [7, 11) is 1.96. The maximum absolute atomic E-state index is 10.7. The molecule has 0 aliphatic rings. The minimum absolute atomic E-state index is 0.120. The summed E-state index contributed by atoms with van der Waals surface area (Å²) in [6.07, 6.45) is 1.01. The van der Waals surface area contributed by atoms with Crippen LogP contribution in [0, 0.1) is 10.1 Å². The summed E-state index contributed by atoms with van der Waals surface area (Å²) >= 11 is 1.63. The van der Waals surface area contributed by atoms with Crippen molar-refractivity contribution in [1.29, 1.82) is 0 Å². The van der Waals surface area contributed by atoms with E-state index in [4.69, 9.17) is 0 Å². The van der Waals surface area contributed by atoms with Crippen molar-refractivity contribution in [3.8, 4) is 0 Å². The highest BCUT2D eigenvalue weighted by Gasteiger charge is 2.12. The molecule has 5 heteroatoms. The zero-order chi connectivity index (χ0) is 15.2. The smallest absolute Gasteiger partial charge is 0.269 e. The van der Waals surface area contributed by atoms with E-state index in [1.54, 1.807) is 36.0 Å². The fraction of sp³-hybridized carbons (Fsp3) is 0.250. The molecular formula is C16H18N2O2S. The van der Waals surface area contributed by atoms with Crippen molar-refractivity contribution in [2.75, 3.05) is 7.05 Å². The quantitative estimate of drug-likeness (QED) is 0.634. The summed E-state index contributed by atoms with van der Waals surface area (Å²) in [5.74, 6) is 0. The Labute approximate surface area is 128 Å². The summed E-state index contributed by atoms with van der Waals surface area (Å²) in [5, 5.41) is 14.0. The zero-order valence-corrected chi connectivity index (χ0v) is 12.9. The fourth-order valence-corrected chi connectivity index (χ4v) is 3.20. The van der Waals surface area contributed by atoms with E-state index in [9.17, 15) is 10.1 Å². The minimum atomic E-state index is -0.378. The van der Waals surface area contributed by atoms with Gasteiger partial charge in [-0.2, -0.15) is 0 Å². The number of nitrogens with zero attached hydrogens (tertiary/aromatic N) is 1. The van der Waals surface area contributed by atoms with Crippen LogP contribution in [0.3, 0.4) is 0 Å². The van der Waals surface area contributed by atoms with Gasteiger partial charge in [-0.15, -0.1) is 0 Å². The Morgan fingerprint density at radius 1 is 1.19 bits per heavy atom. The molecule has 1 unspecified atom stereocenters. The molecule has 0 aliphatic carbocycles. The standard InChI is InChI=1S/C16H18N2O2S/c1-3-15(17-2)14-6-4-5-7-16(14)21-13-10-8-12(9-11-13)18(19)20/h4-11,15,17H,3H2,1-2H3. The van der Waals surface area contributed by atoms with Crippen molar-refractivity contribution in [1.82, 2.24) is 5.32 Å². The zero-order valence-electron chi connectivity index (χ0n) is 12.1. The van der Waals surface area contributed by atoms with Gasteiger partial charge in [-0.05, 0) is 37.2 Å². The molecule has 1 N–H and O–H groups in total. The largest absolute Gasteiger partial charge is 0.313 e. The van der Waals surface area contributed by atoms with Crippen LogP contribution in [-0.4, -0.2) is 12.0 Å². The van der Waals surface area contributed by atoms with Crippen LogP contribution < -0.4 is 5.32 Å². The van der Waals surface area contributed by atoms with Gasteiger partial charge in [0.05, 0.1) is 4.92 Å². The highest BCUT2D eigenvalue weighted by molar-refractivity contribution is 7.99. The monoisotopic (exact) mass is 302 g/mol. The highest BCUT2D eigenvalue weighted by atomic mass is 32.2. The number of benzene rings is 2. The predicted octanol–water partition coefficient (Wildman–Crippen LogP) is 4.42. The average Bonchev–Trinajstić information content (AvgIpc) is 2.50. The molecule has 0 amide bonds. The maximum atomic E-state index is 10.7. The molecule has 0 aliphatic heterocycles. The van der Waals surface area contributed by atoms with Gasteiger partial charge < -0.3 is 5.32 Å². The Morgan fingerprint density at radius 2 is 1.86 bits per heavy atom. The molecule has 4 nitrogen and oxygen atoms in total. The molecule has 0 saturated heterocycles. The van der Waals surface area contributed by atoms with Crippen molar-refractivity contribution >= 4 is 17.4 Å². The first-order valence-electron chi connectivity index (χ1n) is 6.84. The van der Waals surface area contributed by atoms with E-state index >= 15 is 0 Å². The number of nitrogens with one attached hydrogen (secondary N) is 1. The van der Waals surface area contributed by atoms with Crippen molar-refractivity contribution in [3.05, 3.63) is 64.2 Å². The highest BCUT2D eigenvalue weighted by Crippen LogP contribution is 2.34. The Morgan fingerprint density at radius 3 is 2.43 bits per heavy atom. The number of nitro groups is 1. The molecule has 110 valence electrons. The summed E-state index contributed by atoms with van der Waals surface area (Å²) in [6.45, 7) is 2.15. The third-order valence-electron chi connectivity index (χ3n) is 3.33. The summed E-state index contributed by atoms with van der Waals surface area (Å²) in [4.78, 5) is 12.5. The van der Waals surface area contributed by atoms with Crippen molar-refractivity contribution in [2.24, 2.45) is 0 Å². The number of non-ortho nitro benzene ring substituents is 1. The molecule has 2 aromatic carbocycles. The Bertz CT molecular complexity index is 610. The van der Waals surface area contributed by atoms with Gasteiger partial charge in [0.25, 0.3) is 5.69 Å². The van der Waals surface area contributed by atoms with Gasteiger partial charge in [-0.25, -0.2) is 0 Å². The Kier molecular flexibility index (Phi) is 5.36. The van der Waals surface area contributed by atoms with Gasteiger partial charge in [0, 0.05) is 28.0 Å². The van der Waals surface area contributed by atoms with Crippen LogP contribution in [0.2, 0.25) is 0 Å². The average molecular weight is 302 g/mol. The SMILES string of the molecule is CCC(NC)c1ccccc1Sc1ccc([N+](=O)[O-])cc1. The third-order valence-corrected chi connectivity index (χ3v) is 4.43. The van der Waals surface area contributed by atoms with Gasteiger partial charge in [-0.1, -0.05) is 36.9 Å². The van der Waals surface area contributed by atoms with Gasteiger partial charge in [0.15, 0.2) is 0 Å². The lowest BCUT2D eigenvalue weighted by Crippen LogP contribution is -2.15. The molecule has 2 rings (SSSR count). The molecule has 0 spiro atoms. The van der Waals surface area contributed by atoms with E-state index in [2.05, 4.69) is 24.4 Å². The second kappa shape index (κ2) is 7.24. The lowest BCUT2D eigenvalue weighted by molar-refractivity contribution is -0.384. The molecule has 0 aromatic heterocycles. The van der Waals surface area contributed by atoms with Crippen LogP contribution in [0.4, 0.5) is 5.69 Å². The van der Waals surface area contributed by atoms with Crippen molar-refractivity contribution < 1.29 is 4.92 Å². The first-order valence-corrected chi connectivity index (χ1v) is 7.65. The van der Waals surface area contributed by atoms with Crippen molar-refractivity contribution in [2.45, 2.75) is 29.2 Å². The van der Waals surface area contributed by atoms with Crippen LogP contribution in [-0.2, 0) is 0 Å². The minimum Gasteiger partial charge on any atom is -0.313 e. The van der Waals surface area contributed by atoms with E-state index in [-0.39, 0.29) is 10.6 Å². The summed E-state index contributed by atoms with van der Waals surface area (Å²) in [5.41, 5.74) is 1.38. The Balaban J connectivity index is 2.25. The molecule has 1 atom stereocenters. The molecular weight excluding hydrogens is 284 g/mol. The van der Waals surface area contributed by atoms with Crippen molar-refractivity contribution in [3.63, 3.8) is 0 Å². The first kappa shape index (κ1) is 15.5. The summed E-state index contributed by atoms with van der Waals surface area (Å²) < 4.78 is 0. The van der Waals surface area contributed by atoms with Crippen LogP contribution >= 0.6 is 11.8 Å². The number of nitro benzene ring substituents is 1. The maximum Gasteiger partial charge on any atom is 0.269 e. The van der Waals surface area contributed by atoms with E-state index in [0.717, 1.165) is 11.3 Å². The topological polar surface area (TPSA) is 55.2 Å². The number of rotatable bonds is 6. The molecule has 0 saturated carbocycles. The second-order valence-corrected chi connectivity index (χ2v) is 5.76. The molecule has 0 radical (unpaired) electrons. The third kappa shape index (κ3) is 3.83. The van der Waals surface area contributed by atoms with E-state index in [0.29, 0.717) is 6.04 Å². The molecule has 0 fully saturated rings. The lowest BCUT2D eigenvalue weighted by Gasteiger charge is -2.18. The predicted molar refractivity (Wildman–Crippen MR) is 85.8 cm³/mol. The van der Waals surface area contributed by atoms with E-state index in [1.807, 2.05) is 19.2 Å².